The molecule has 11 aromatic rings. The van der Waals surface area contributed by atoms with Crippen LogP contribution in [0.3, 0.4) is 0 Å². The van der Waals surface area contributed by atoms with E-state index in [1.807, 2.05) is 42.5 Å². The van der Waals surface area contributed by atoms with Crippen molar-refractivity contribution in [2.45, 2.75) is 0 Å². The first kappa shape index (κ1) is 28.7. The Morgan fingerprint density at radius 1 is 0.327 bits per heavy atom. The van der Waals surface area contributed by atoms with E-state index < -0.39 is 0 Å². The largest absolute Gasteiger partial charge is 0.456 e. The average Bonchev–Trinajstić information content (AvgIpc) is 3.79. The van der Waals surface area contributed by atoms with Crippen LogP contribution in [0.5, 0.6) is 0 Å². The van der Waals surface area contributed by atoms with Crippen LogP contribution in [0.2, 0.25) is 0 Å². The molecule has 0 saturated heterocycles. The molecule has 11 rings (SSSR count). The number of hydrogen-bond donors (Lipinski definition) is 0. The number of nitrogens with zero attached hydrogens (tertiary/aromatic N) is 3. The standard InChI is InChI=1S/C47H27N3O2/c1-3-12-30-26-32(24-22-28(30)10-1)34-15-7-16-36-43-38(18-9-21-41(43)52-44(34)36)47-49-45(33-25-23-29-11-2-4-13-31(29)27-33)48-46(50-47)37-17-8-20-40-42(37)35-14-5-6-19-39(35)51-40/h1-27H. The Morgan fingerprint density at radius 2 is 0.827 bits per heavy atom. The fraction of sp³-hybridized carbons (Fsp3) is 0. The van der Waals surface area contributed by atoms with Crippen LogP contribution in [-0.2, 0) is 0 Å². The van der Waals surface area contributed by atoms with Crippen molar-refractivity contribution in [2.75, 3.05) is 0 Å². The van der Waals surface area contributed by atoms with Crippen molar-refractivity contribution in [1.29, 1.82) is 0 Å². The summed E-state index contributed by atoms with van der Waals surface area (Å²) >= 11 is 0. The zero-order valence-corrected chi connectivity index (χ0v) is 27.7. The Hall–Kier alpha value is -7.11. The lowest BCUT2D eigenvalue weighted by Gasteiger charge is -2.10. The first-order chi connectivity index (χ1) is 25.7. The van der Waals surface area contributed by atoms with Gasteiger partial charge in [0.1, 0.15) is 22.3 Å². The lowest BCUT2D eigenvalue weighted by atomic mass is 9.98. The SMILES string of the molecule is c1ccc2cc(-c3nc(-c4cccc5oc6ccccc6c45)nc(-c4cccc5oc6c(-c7ccc8ccccc8c7)cccc6c45)n3)ccc2c1. The van der Waals surface area contributed by atoms with E-state index in [-0.39, 0.29) is 0 Å². The summed E-state index contributed by atoms with van der Waals surface area (Å²) in [6, 6.07) is 56.3. The molecule has 0 fully saturated rings. The number of para-hydroxylation sites is 2. The van der Waals surface area contributed by atoms with Gasteiger partial charge in [-0.2, -0.15) is 0 Å². The van der Waals surface area contributed by atoms with Gasteiger partial charge in [-0.3, -0.25) is 0 Å². The molecule has 5 heteroatoms. The van der Waals surface area contributed by atoms with E-state index >= 15 is 0 Å². The second-order valence-electron chi connectivity index (χ2n) is 13.2. The van der Waals surface area contributed by atoms with Crippen molar-refractivity contribution in [2.24, 2.45) is 0 Å². The van der Waals surface area contributed by atoms with Crippen LogP contribution in [0.25, 0.3) is 111 Å². The van der Waals surface area contributed by atoms with Gasteiger partial charge in [-0.1, -0.05) is 133 Å². The van der Waals surface area contributed by atoms with Gasteiger partial charge < -0.3 is 8.83 Å². The van der Waals surface area contributed by atoms with Gasteiger partial charge in [-0.05, 0) is 57.4 Å². The quantitative estimate of drug-likeness (QED) is 0.187. The van der Waals surface area contributed by atoms with Gasteiger partial charge in [0.05, 0.1) is 0 Å². The zero-order valence-electron chi connectivity index (χ0n) is 27.7. The third-order valence-electron chi connectivity index (χ3n) is 10.1. The first-order valence-corrected chi connectivity index (χ1v) is 17.3. The second kappa shape index (κ2) is 11.2. The van der Waals surface area contributed by atoms with E-state index in [4.69, 9.17) is 23.8 Å². The fourth-order valence-corrected chi connectivity index (χ4v) is 7.65. The molecule has 0 unspecified atom stereocenters. The van der Waals surface area contributed by atoms with Crippen molar-refractivity contribution in [3.8, 4) is 45.3 Å². The van der Waals surface area contributed by atoms with Gasteiger partial charge in [0, 0.05) is 43.8 Å². The fourth-order valence-electron chi connectivity index (χ4n) is 7.65. The van der Waals surface area contributed by atoms with Gasteiger partial charge in [-0.15, -0.1) is 0 Å². The van der Waals surface area contributed by atoms with Gasteiger partial charge >= 0.3 is 0 Å². The highest BCUT2D eigenvalue weighted by atomic mass is 16.3. The molecule has 242 valence electrons. The molecule has 0 amide bonds. The van der Waals surface area contributed by atoms with Crippen LogP contribution < -0.4 is 0 Å². The Balaban J connectivity index is 1.17. The number of fused-ring (bicyclic) bond motifs is 8. The van der Waals surface area contributed by atoms with Crippen LogP contribution >= 0.6 is 0 Å². The third kappa shape index (κ3) is 4.46. The molecular formula is C47H27N3O2. The van der Waals surface area contributed by atoms with Gasteiger partial charge in [0.25, 0.3) is 0 Å². The zero-order chi connectivity index (χ0) is 34.2. The van der Waals surface area contributed by atoms with E-state index in [0.717, 1.165) is 82.5 Å². The minimum Gasteiger partial charge on any atom is -0.456 e. The smallest absolute Gasteiger partial charge is 0.164 e. The van der Waals surface area contributed by atoms with E-state index in [9.17, 15) is 0 Å². The summed E-state index contributed by atoms with van der Waals surface area (Å²) < 4.78 is 13.0. The first-order valence-electron chi connectivity index (χ1n) is 17.3. The van der Waals surface area contributed by atoms with Gasteiger partial charge in [0.15, 0.2) is 17.5 Å². The van der Waals surface area contributed by atoms with Crippen molar-refractivity contribution < 1.29 is 8.83 Å². The van der Waals surface area contributed by atoms with Crippen molar-refractivity contribution >= 4 is 65.4 Å². The monoisotopic (exact) mass is 665 g/mol. The Bertz CT molecular complexity index is 3210. The van der Waals surface area contributed by atoms with Crippen molar-refractivity contribution in [3.05, 3.63) is 164 Å². The van der Waals surface area contributed by atoms with Crippen molar-refractivity contribution in [3.63, 3.8) is 0 Å². The van der Waals surface area contributed by atoms with E-state index in [0.29, 0.717) is 17.5 Å². The molecule has 0 aliphatic heterocycles. The number of rotatable bonds is 4. The molecule has 0 aliphatic rings. The summed E-state index contributed by atoms with van der Waals surface area (Å²) in [5.74, 6) is 1.74. The highest BCUT2D eigenvalue weighted by molar-refractivity contribution is 6.15. The summed E-state index contributed by atoms with van der Waals surface area (Å²) in [6.07, 6.45) is 0. The molecule has 0 N–H and O–H groups in total. The molecule has 3 aromatic heterocycles. The minimum absolute atomic E-state index is 0.572. The molecule has 5 nitrogen and oxygen atoms in total. The maximum Gasteiger partial charge on any atom is 0.164 e. The number of furan rings is 2. The summed E-state index contributed by atoms with van der Waals surface area (Å²) in [6.45, 7) is 0. The summed E-state index contributed by atoms with van der Waals surface area (Å²) in [5.41, 5.74) is 8.04. The summed E-state index contributed by atoms with van der Waals surface area (Å²) in [4.78, 5) is 15.6. The predicted octanol–water partition coefficient (Wildman–Crippen LogP) is 12.6. The molecule has 0 atom stereocenters. The molecule has 52 heavy (non-hydrogen) atoms. The highest BCUT2D eigenvalue weighted by Gasteiger charge is 2.21. The van der Waals surface area contributed by atoms with Gasteiger partial charge in [0.2, 0.25) is 0 Å². The Morgan fingerprint density at radius 3 is 1.56 bits per heavy atom. The Kier molecular flexibility index (Phi) is 6.18. The van der Waals surface area contributed by atoms with E-state index in [1.165, 1.54) is 10.8 Å². The third-order valence-corrected chi connectivity index (χ3v) is 10.1. The van der Waals surface area contributed by atoms with E-state index in [1.54, 1.807) is 0 Å². The minimum atomic E-state index is 0.572. The number of aromatic nitrogens is 3. The van der Waals surface area contributed by atoms with Crippen LogP contribution in [0.4, 0.5) is 0 Å². The molecule has 0 bridgehead atoms. The normalized spacial score (nSPS) is 11.8. The second-order valence-corrected chi connectivity index (χ2v) is 13.2. The van der Waals surface area contributed by atoms with Crippen LogP contribution in [0.1, 0.15) is 0 Å². The topological polar surface area (TPSA) is 65.0 Å². The van der Waals surface area contributed by atoms with Gasteiger partial charge in [-0.25, -0.2) is 15.0 Å². The average molecular weight is 666 g/mol. The molecule has 0 radical (unpaired) electrons. The lowest BCUT2D eigenvalue weighted by molar-refractivity contribution is 0.669. The lowest BCUT2D eigenvalue weighted by Crippen LogP contribution is -2.00. The molecule has 0 spiro atoms. The predicted molar refractivity (Wildman–Crippen MR) is 211 cm³/mol. The highest BCUT2D eigenvalue weighted by Crippen LogP contribution is 2.42. The molecule has 0 aliphatic carbocycles. The summed E-state index contributed by atoms with van der Waals surface area (Å²) in [7, 11) is 0. The number of benzene rings is 8. The molecule has 8 aromatic carbocycles. The molecule has 3 heterocycles. The van der Waals surface area contributed by atoms with Crippen LogP contribution in [0.15, 0.2) is 173 Å². The van der Waals surface area contributed by atoms with E-state index in [2.05, 4.69) is 121 Å². The Labute approximate surface area is 297 Å². The van der Waals surface area contributed by atoms with Crippen LogP contribution in [0, 0.1) is 0 Å². The van der Waals surface area contributed by atoms with Crippen molar-refractivity contribution in [1.82, 2.24) is 15.0 Å². The number of hydrogen-bond acceptors (Lipinski definition) is 5. The summed E-state index contributed by atoms with van der Waals surface area (Å²) in [5, 5.41) is 8.65. The molecule has 0 saturated carbocycles. The maximum absolute atomic E-state index is 6.70. The molecular weight excluding hydrogens is 639 g/mol. The van der Waals surface area contributed by atoms with Crippen LogP contribution in [-0.4, -0.2) is 15.0 Å². The maximum atomic E-state index is 6.70.